The van der Waals surface area contributed by atoms with Crippen molar-refractivity contribution < 1.29 is 9.90 Å². The van der Waals surface area contributed by atoms with Crippen molar-refractivity contribution in [2.45, 2.75) is 19.8 Å². The molecule has 14 heavy (non-hydrogen) atoms. The summed E-state index contributed by atoms with van der Waals surface area (Å²) in [6.45, 7) is 5.33. The fourth-order valence-corrected chi connectivity index (χ4v) is 1.29. The smallest absolute Gasteiger partial charge is 0.138 e. The third kappa shape index (κ3) is 2.25. The number of hydrogen-bond donors (Lipinski definition) is 2. The summed E-state index contributed by atoms with van der Waals surface area (Å²) in [6, 6.07) is 3.20. The molecular weight excluding hydrogens is 178 g/mol. The summed E-state index contributed by atoms with van der Waals surface area (Å²) in [5, 5.41) is 9.35. The molecule has 3 nitrogen and oxygen atoms in total. The van der Waals surface area contributed by atoms with Crippen molar-refractivity contribution in [3.63, 3.8) is 0 Å². The van der Waals surface area contributed by atoms with Crippen LogP contribution in [-0.4, -0.2) is 10.9 Å². The zero-order valence-electron chi connectivity index (χ0n) is 8.21. The molecule has 3 heteroatoms. The summed E-state index contributed by atoms with van der Waals surface area (Å²) in [7, 11) is 0. The lowest BCUT2D eigenvalue weighted by atomic mass is 10.0. The topological polar surface area (TPSA) is 63.3 Å². The van der Waals surface area contributed by atoms with Crippen LogP contribution in [0.4, 0.5) is 5.69 Å². The molecule has 75 valence electrons. The van der Waals surface area contributed by atoms with Crippen LogP contribution in [0.1, 0.15) is 24.5 Å². The van der Waals surface area contributed by atoms with Gasteiger partial charge in [-0.05, 0) is 37.5 Å². The molecule has 1 aromatic rings. The van der Waals surface area contributed by atoms with Gasteiger partial charge in [-0.1, -0.05) is 6.07 Å². The van der Waals surface area contributed by atoms with Crippen molar-refractivity contribution in [3.05, 3.63) is 30.2 Å². The van der Waals surface area contributed by atoms with Crippen LogP contribution < -0.4 is 5.73 Å². The standard InChI is InChI=1S/C11H14NO2/c1-7-3-6-10(14)11(12)9(7)5-4-8(2)13/h3,6,14H,1,4-5,12H2,2H3. The average Bonchev–Trinajstić information content (AvgIpc) is 2.11. The van der Waals surface area contributed by atoms with E-state index in [0.29, 0.717) is 18.5 Å². The van der Waals surface area contributed by atoms with Crippen molar-refractivity contribution in [2.24, 2.45) is 0 Å². The Labute approximate surface area is 83.6 Å². The lowest BCUT2D eigenvalue weighted by Crippen LogP contribution is -2.01. The Balaban J connectivity index is 2.95. The molecule has 0 aliphatic carbocycles. The van der Waals surface area contributed by atoms with E-state index in [0.717, 1.165) is 11.1 Å². The van der Waals surface area contributed by atoms with E-state index in [4.69, 9.17) is 5.73 Å². The van der Waals surface area contributed by atoms with Crippen LogP contribution in [-0.2, 0) is 11.2 Å². The first kappa shape index (κ1) is 10.6. The van der Waals surface area contributed by atoms with Crippen molar-refractivity contribution >= 4 is 11.5 Å². The maximum atomic E-state index is 10.8. The van der Waals surface area contributed by atoms with Crippen molar-refractivity contribution in [3.8, 4) is 5.75 Å². The number of phenolic OH excluding ortho intramolecular Hbond substituents is 1. The normalized spacial score (nSPS) is 10.1. The highest BCUT2D eigenvalue weighted by Crippen LogP contribution is 2.27. The molecule has 0 saturated heterocycles. The van der Waals surface area contributed by atoms with Gasteiger partial charge in [0.2, 0.25) is 0 Å². The van der Waals surface area contributed by atoms with E-state index in [2.05, 4.69) is 6.92 Å². The van der Waals surface area contributed by atoms with Gasteiger partial charge in [-0.2, -0.15) is 0 Å². The first-order valence-corrected chi connectivity index (χ1v) is 4.44. The van der Waals surface area contributed by atoms with Gasteiger partial charge in [-0.3, -0.25) is 0 Å². The Morgan fingerprint density at radius 2 is 2.21 bits per heavy atom. The van der Waals surface area contributed by atoms with E-state index in [1.54, 1.807) is 6.07 Å². The Kier molecular flexibility index (Phi) is 3.12. The SMILES string of the molecule is [CH2]c1ccc(O)c(N)c1CCC(C)=O. The molecule has 1 rings (SSSR count). The summed E-state index contributed by atoms with van der Waals surface area (Å²) < 4.78 is 0. The Morgan fingerprint density at radius 3 is 2.79 bits per heavy atom. The van der Waals surface area contributed by atoms with E-state index < -0.39 is 0 Å². The number of benzene rings is 1. The molecule has 0 saturated carbocycles. The van der Waals surface area contributed by atoms with Gasteiger partial charge in [0, 0.05) is 6.42 Å². The minimum absolute atomic E-state index is 0.0518. The molecule has 1 radical (unpaired) electrons. The maximum Gasteiger partial charge on any atom is 0.138 e. The van der Waals surface area contributed by atoms with Crippen LogP contribution >= 0.6 is 0 Å². The average molecular weight is 192 g/mol. The minimum Gasteiger partial charge on any atom is -0.506 e. The van der Waals surface area contributed by atoms with Crippen LogP contribution in [0.3, 0.4) is 0 Å². The van der Waals surface area contributed by atoms with Gasteiger partial charge < -0.3 is 15.6 Å². The maximum absolute atomic E-state index is 10.8. The number of ketones is 1. The molecule has 0 atom stereocenters. The van der Waals surface area contributed by atoms with E-state index in [1.165, 1.54) is 13.0 Å². The molecule has 0 heterocycles. The second kappa shape index (κ2) is 4.13. The number of phenols is 1. The lowest BCUT2D eigenvalue weighted by Gasteiger charge is -2.09. The zero-order valence-corrected chi connectivity index (χ0v) is 8.21. The van der Waals surface area contributed by atoms with Crippen LogP contribution in [0.5, 0.6) is 5.75 Å². The highest BCUT2D eigenvalue weighted by atomic mass is 16.3. The van der Waals surface area contributed by atoms with Crippen LogP contribution in [0.25, 0.3) is 0 Å². The third-order valence-electron chi connectivity index (χ3n) is 2.16. The number of nitrogen functional groups attached to an aromatic ring is 1. The highest BCUT2D eigenvalue weighted by molar-refractivity contribution is 5.76. The molecule has 0 bridgehead atoms. The first-order valence-electron chi connectivity index (χ1n) is 4.44. The van der Waals surface area contributed by atoms with Gasteiger partial charge in [-0.15, -0.1) is 0 Å². The molecule has 3 N–H and O–H groups in total. The summed E-state index contributed by atoms with van der Waals surface area (Å²) in [4.78, 5) is 10.8. The Morgan fingerprint density at radius 1 is 1.57 bits per heavy atom. The van der Waals surface area contributed by atoms with Crippen molar-refractivity contribution in [2.75, 3.05) is 5.73 Å². The molecule has 0 amide bonds. The zero-order chi connectivity index (χ0) is 10.7. The third-order valence-corrected chi connectivity index (χ3v) is 2.16. The number of carbonyl (C=O) groups is 1. The van der Waals surface area contributed by atoms with Crippen molar-refractivity contribution in [1.29, 1.82) is 0 Å². The van der Waals surface area contributed by atoms with E-state index in [9.17, 15) is 9.90 Å². The van der Waals surface area contributed by atoms with E-state index in [1.807, 2.05) is 0 Å². The number of rotatable bonds is 3. The van der Waals surface area contributed by atoms with Gasteiger partial charge in [-0.25, -0.2) is 0 Å². The first-order chi connectivity index (χ1) is 6.52. The van der Waals surface area contributed by atoms with Gasteiger partial charge >= 0.3 is 0 Å². The van der Waals surface area contributed by atoms with Gasteiger partial charge in [0.05, 0.1) is 5.69 Å². The van der Waals surface area contributed by atoms with Crippen LogP contribution in [0.2, 0.25) is 0 Å². The summed E-state index contributed by atoms with van der Waals surface area (Å²) in [5.74, 6) is 0.156. The molecule has 0 spiro atoms. The lowest BCUT2D eigenvalue weighted by molar-refractivity contribution is -0.116. The van der Waals surface area contributed by atoms with Crippen LogP contribution in [0, 0.1) is 6.92 Å². The minimum atomic E-state index is 0.0518. The second-order valence-corrected chi connectivity index (χ2v) is 3.34. The molecule has 0 aliphatic rings. The number of anilines is 1. The molecule has 0 aromatic heterocycles. The van der Waals surface area contributed by atoms with Gasteiger partial charge in [0.1, 0.15) is 11.5 Å². The monoisotopic (exact) mass is 192 g/mol. The number of nitrogens with two attached hydrogens (primary N) is 1. The molecular formula is C11H14NO2. The number of Topliss-reactive ketones (excluding diaryl/α,β-unsaturated/α-hetero) is 1. The van der Waals surface area contributed by atoms with E-state index >= 15 is 0 Å². The van der Waals surface area contributed by atoms with Crippen LogP contribution in [0.15, 0.2) is 12.1 Å². The van der Waals surface area contributed by atoms with Gasteiger partial charge in [0.25, 0.3) is 0 Å². The predicted molar refractivity (Wildman–Crippen MR) is 56.0 cm³/mol. The predicted octanol–water partition coefficient (Wildman–Crippen LogP) is 1.68. The van der Waals surface area contributed by atoms with Gasteiger partial charge in [0.15, 0.2) is 0 Å². The fraction of sp³-hybridized carbons (Fsp3) is 0.273. The van der Waals surface area contributed by atoms with E-state index in [-0.39, 0.29) is 11.5 Å². The highest BCUT2D eigenvalue weighted by Gasteiger charge is 2.08. The number of carbonyl (C=O) groups excluding carboxylic acids is 1. The Bertz CT molecular complexity index is 359. The largest absolute Gasteiger partial charge is 0.506 e. The fourth-order valence-electron chi connectivity index (χ4n) is 1.29. The molecule has 0 unspecified atom stereocenters. The number of aromatic hydroxyl groups is 1. The number of hydrogen-bond acceptors (Lipinski definition) is 3. The molecule has 0 aliphatic heterocycles. The quantitative estimate of drug-likeness (QED) is 0.565. The molecule has 0 fully saturated rings. The summed E-state index contributed by atoms with van der Waals surface area (Å²) >= 11 is 0. The van der Waals surface area contributed by atoms with Crippen molar-refractivity contribution in [1.82, 2.24) is 0 Å². The second-order valence-electron chi connectivity index (χ2n) is 3.34. The Hall–Kier alpha value is -1.51. The molecule has 1 aromatic carbocycles. The summed E-state index contributed by atoms with van der Waals surface area (Å²) in [5.41, 5.74) is 7.53. The summed E-state index contributed by atoms with van der Waals surface area (Å²) in [6.07, 6.45) is 0.963.